The van der Waals surface area contributed by atoms with Crippen molar-refractivity contribution in [2.75, 3.05) is 50.8 Å². The van der Waals surface area contributed by atoms with E-state index in [2.05, 4.69) is 38.8 Å². The van der Waals surface area contributed by atoms with E-state index < -0.39 is 0 Å². The Kier molecular flexibility index (Phi) is 8.23. The maximum absolute atomic E-state index is 13.1. The van der Waals surface area contributed by atoms with Gasteiger partial charge in [-0.1, -0.05) is 19.3 Å². The van der Waals surface area contributed by atoms with Crippen LogP contribution in [0.5, 0.6) is 5.75 Å². The number of anilines is 1. The van der Waals surface area contributed by atoms with Gasteiger partial charge >= 0.3 is 0 Å². The molecule has 2 fully saturated rings. The van der Waals surface area contributed by atoms with Crippen molar-refractivity contribution in [1.82, 2.24) is 19.8 Å². The van der Waals surface area contributed by atoms with Gasteiger partial charge < -0.3 is 14.5 Å². The fourth-order valence-corrected chi connectivity index (χ4v) is 6.16. The molecule has 3 aliphatic heterocycles. The average molecular weight is 541 g/mol. The van der Waals surface area contributed by atoms with E-state index in [1.54, 1.807) is 0 Å². The predicted octanol–water partition coefficient (Wildman–Crippen LogP) is 5.41. The Morgan fingerprint density at radius 2 is 1.68 bits per heavy atom. The summed E-state index contributed by atoms with van der Waals surface area (Å²) in [7, 11) is 0. The van der Waals surface area contributed by atoms with E-state index in [-0.39, 0.29) is 11.9 Å². The zero-order chi connectivity index (χ0) is 27.3. The van der Waals surface area contributed by atoms with Crippen LogP contribution in [0.15, 0.2) is 47.7 Å². The molecule has 0 radical (unpaired) electrons. The van der Waals surface area contributed by atoms with Crippen LogP contribution in [0.25, 0.3) is 10.8 Å². The van der Waals surface area contributed by atoms with Crippen molar-refractivity contribution in [3.05, 3.63) is 53.9 Å². The summed E-state index contributed by atoms with van der Waals surface area (Å²) in [6.07, 6.45) is 13.6. The quantitative estimate of drug-likeness (QED) is 0.320. The Balaban J connectivity index is 0.922. The highest BCUT2D eigenvalue weighted by Crippen LogP contribution is 2.35. The number of aromatic nitrogens is 2. The van der Waals surface area contributed by atoms with Crippen molar-refractivity contribution in [3.8, 4) is 5.75 Å². The maximum atomic E-state index is 13.1. The second-order valence-corrected chi connectivity index (χ2v) is 11.3. The van der Waals surface area contributed by atoms with Gasteiger partial charge in [0.25, 0.3) is 5.91 Å². The molecule has 6 rings (SSSR count). The number of carbonyl (C=O) groups is 1. The van der Waals surface area contributed by atoms with Crippen LogP contribution in [0.2, 0.25) is 0 Å². The van der Waals surface area contributed by atoms with E-state index >= 15 is 0 Å². The second kappa shape index (κ2) is 12.3. The monoisotopic (exact) mass is 540 g/mol. The molecule has 1 atom stereocenters. The van der Waals surface area contributed by atoms with Gasteiger partial charge in [0.2, 0.25) is 5.95 Å². The number of fused-ring (bicyclic) bond motifs is 3. The first kappa shape index (κ1) is 26.7. The number of amides is 1. The summed E-state index contributed by atoms with van der Waals surface area (Å²) in [4.78, 5) is 33.4. The summed E-state index contributed by atoms with van der Waals surface area (Å²) in [5, 5.41) is 2.14. The van der Waals surface area contributed by atoms with Gasteiger partial charge in [-0.15, -0.1) is 0 Å². The highest BCUT2D eigenvalue weighted by molar-refractivity contribution is 6.06. The third kappa shape index (κ3) is 5.97. The van der Waals surface area contributed by atoms with E-state index in [9.17, 15) is 4.79 Å². The number of aryl methyl sites for hydroxylation is 1. The number of rotatable bonds is 10. The second-order valence-electron chi connectivity index (χ2n) is 11.3. The molecule has 1 aromatic heterocycles. The summed E-state index contributed by atoms with van der Waals surface area (Å²) in [6, 6.07) is 10.3. The summed E-state index contributed by atoms with van der Waals surface area (Å²) in [5.41, 5.74) is 2.59. The van der Waals surface area contributed by atoms with Gasteiger partial charge in [0, 0.05) is 51.3 Å². The van der Waals surface area contributed by atoms with E-state index in [4.69, 9.17) is 9.73 Å². The molecule has 210 valence electrons. The molecule has 4 heterocycles. The molecule has 2 saturated heterocycles. The lowest BCUT2D eigenvalue weighted by atomic mass is 10.0. The van der Waals surface area contributed by atoms with Crippen LogP contribution in [0, 0.1) is 6.92 Å². The number of hydrogen-bond acceptors (Lipinski definition) is 7. The smallest absolute Gasteiger partial charge is 0.256 e. The Morgan fingerprint density at radius 1 is 0.900 bits per heavy atom. The molecule has 0 spiro atoms. The number of carbonyl (C=O) groups excluding carboxylic acids is 1. The number of ether oxygens (including phenoxy) is 1. The van der Waals surface area contributed by atoms with Crippen LogP contribution in [0.1, 0.15) is 60.9 Å². The first-order valence-corrected chi connectivity index (χ1v) is 15.0. The van der Waals surface area contributed by atoms with Crippen LogP contribution in [-0.2, 0) is 0 Å². The summed E-state index contributed by atoms with van der Waals surface area (Å²) < 4.78 is 6.21. The lowest BCUT2D eigenvalue weighted by molar-refractivity contribution is 0.0775. The molecule has 40 heavy (non-hydrogen) atoms. The van der Waals surface area contributed by atoms with Crippen molar-refractivity contribution in [3.63, 3.8) is 0 Å². The molecular formula is C32H40N6O2. The summed E-state index contributed by atoms with van der Waals surface area (Å²) in [6.45, 7) is 8.99. The Morgan fingerprint density at radius 3 is 2.52 bits per heavy atom. The molecule has 8 heteroatoms. The molecule has 1 amide bonds. The minimum Gasteiger partial charge on any atom is -0.493 e. The van der Waals surface area contributed by atoms with Crippen LogP contribution in [0.4, 0.5) is 11.6 Å². The largest absolute Gasteiger partial charge is 0.493 e. The van der Waals surface area contributed by atoms with Gasteiger partial charge in [-0.05, 0) is 85.8 Å². The normalized spacial score (nSPS) is 19.1. The van der Waals surface area contributed by atoms with Crippen molar-refractivity contribution < 1.29 is 9.53 Å². The molecule has 3 aromatic rings. The standard InChI is InChI=1S/C32H40N6O2/c1-24-19-25-20-28-29(35-23-27-9-7-13-38(27)31(28)39)21-26(25)22-30(24)40-18-6-4-2-3-5-12-36-14-16-37(17-15-36)32-33-10-8-11-34-32/h8,10-11,19-23,27H,2-7,9,12-18H2,1H3/t27-/m0/s1. The lowest BCUT2D eigenvalue weighted by Crippen LogP contribution is -2.47. The van der Waals surface area contributed by atoms with Gasteiger partial charge in [-0.2, -0.15) is 0 Å². The molecule has 3 aliphatic rings. The SMILES string of the molecule is Cc1cc2cc3c(cc2cc1OCCCCCCCN1CCN(c2ncccn2)CC1)N=C[C@@H]1CCCN1C3=O. The van der Waals surface area contributed by atoms with Crippen LogP contribution in [-0.4, -0.2) is 83.8 Å². The number of piperazine rings is 1. The van der Waals surface area contributed by atoms with E-state index in [1.807, 2.05) is 41.7 Å². The molecule has 0 bridgehead atoms. The van der Waals surface area contributed by atoms with E-state index in [0.717, 1.165) is 92.3 Å². The molecule has 8 nitrogen and oxygen atoms in total. The topological polar surface area (TPSA) is 74.2 Å². The van der Waals surface area contributed by atoms with Crippen LogP contribution < -0.4 is 9.64 Å². The Bertz CT molecular complexity index is 1350. The van der Waals surface area contributed by atoms with E-state index in [0.29, 0.717) is 5.56 Å². The van der Waals surface area contributed by atoms with Gasteiger partial charge in [-0.3, -0.25) is 14.7 Å². The zero-order valence-electron chi connectivity index (χ0n) is 23.6. The number of unbranched alkanes of at least 4 members (excludes halogenated alkanes) is 4. The summed E-state index contributed by atoms with van der Waals surface area (Å²) >= 11 is 0. The van der Waals surface area contributed by atoms with Crippen molar-refractivity contribution in [1.29, 1.82) is 0 Å². The average Bonchev–Trinajstić information content (AvgIpc) is 3.42. The summed E-state index contributed by atoms with van der Waals surface area (Å²) in [5.74, 6) is 1.89. The molecule has 0 aliphatic carbocycles. The molecule has 2 aromatic carbocycles. The minimum absolute atomic E-state index is 0.107. The van der Waals surface area contributed by atoms with Crippen molar-refractivity contribution in [2.45, 2.75) is 57.9 Å². The zero-order valence-corrected chi connectivity index (χ0v) is 23.6. The maximum Gasteiger partial charge on any atom is 0.256 e. The number of aliphatic imine (C=N–C) groups is 1. The van der Waals surface area contributed by atoms with Gasteiger partial charge in [-0.25, -0.2) is 9.97 Å². The highest BCUT2D eigenvalue weighted by atomic mass is 16.5. The number of hydrogen-bond donors (Lipinski definition) is 0. The molecular weight excluding hydrogens is 500 g/mol. The van der Waals surface area contributed by atoms with Crippen LogP contribution >= 0.6 is 0 Å². The van der Waals surface area contributed by atoms with Gasteiger partial charge in [0.1, 0.15) is 5.75 Å². The molecule has 0 N–H and O–H groups in total. The predicted molar refractivity (Wildman–Crippen MR) is 160 cm³/mol. The molecule has 0 saturated carbocycles. The number of benzene rings is 2. The first-order chi connectivity index (χ1) is 19.7. The van der Waals surface area contributed by atoms with Gasteiger partial charge in [0.15, 0.2) is 0 Å². The lowest BCUT2D eigenvalue weighted by Gasteiger charge is -2.34. The minimum atomic E-state index is 0.107. The van der Waals surface area contributed by atoms with Crippen molar-refractivity contribution in [2.24, 2.45) is 4.99 Å². The Labute approximate surface area is 237 Å². The highest BCUT2D eigenvalue weighted by Gasteiger charge is 2.31. The van der Waals surface area contributed by atoms with Gasteiger partial charge in [0.05, 0.1) is 23.9 Å². The van der Waals surface area contributed by atoms with Crippen LogP contribution in [0.3, 0.4) is 0 Å². The number of nitrogens with zero attached hydrogens (tertiary/aromatic N) is 6. The fourth-order valence-electron chi connectivity index (χ4n) is 6.16. The first-order valence-electron chi connectivity index (χ1n) is 15.0. The van der Waals surface area contributed by atoms with E-state index in [1.165, 1.54) is 32.2 Å². The fraction of sp³-hybridized carbons (Fsp3) is 0.500. The van der Waals surface area contributed by atoms with Crippen molar-refractivity contribution >= 4 is 34.5 Å². The Hall–Kier alpha value is -3.52. The third-order valence-corrected chi connectivity index (χ3v) is 8.51. The third-order valence-electron chi connectivity index (χ3n) is 8.51. The molecule has 0 unspecified atom stereocenters.